The monoisotopic (exact) mass is 305 g/mol. The molecule has 0 aliphatic rings. The van der Waals surface area contributed by atoms with E-state index in [0.717, 1.165) is 22.6 Å². The highest BCUT2D eigenvalue weighted by Crippen LogP contribution is 2.33. The van der Waals surface area contributed by atoms with Crippen molar-refractivity contribution in [2.45, 2.75) is 26.0 Å². The summed E-state index contributed by atoms with van der Waals surface area (Å²) in [7, 11) is 1.64. The van der Waals surface area contributed by atoms with E-state index in [-0.39, 0.29) is 12.1 Å². The van der Waals surface area contributed by atoms with Gasteiger partial charge in [0.1, 0.15) is 17.6 Å². The Morgan fingerprint density at radius 1 is 1.10 bits per heavy atom. The zero-order chi connectivity index (χ0) is 15.4. The Balaban J connectivity index is 2.38. The van der Waals surface area contributed by atoms with Gasteiger partial charge in [0.2, 0.25) is 0 Å². The maximum absolute atomic E-state index is 6.13. The average Bonchev–Trinajstić information content (AvgIpc) is 2.47. The Hall–Kier alpha value is -1.71. The normalized spacial score (nSPS) is 13.6. The van der Waals surface area contributed by atoms with Gasteiger partial charge in [0.05, 0.1) is 7.11 Å². The van der Waals surface area contributed by atoms with E-state index in [1.165, 1.54) is 0 Å². The lowest BCUT2D eigenvalue weighted by atomic mass is 10.0. The lowest BCUT2D eigenvalue weighted by molar-refractivity contribution is 0.175. The third-order valence-corrected chi connectivity index (χ3v) is 3.56. The molecular formula is C17H20ClNO2. The molecular weight excluding hydrogens is 286 g/mol. The second kappa shape index (κ2) is 6.83. The van der Waals surface area contributed by atoms with Crippen LogP contribution in [0, 0.1) is 6.92 Å². The summed E-state index contributed by atoms with van der Waals surface area (Å²) in [5.74, 6) is 1.50. The Kier molecular flexibility index (Phi) is 5.10. The summed E-state index contributed by atoms with van der Waals surface area (Å²) in [6.07, 6.45) is -0.307. The quantitative estimate of drug-likeness (QED) is 0.903. The number of rotatable bonds is 5. The molecule has 2 unspecified atom stereocenters. The second-order valence-electron chi connectivity index (χ2n) is 5.05. The smallest absolute Gasteiger partial charge is 0.142 e. The van der Waals surface area contributed by atoms with Crippen molar-refractivity contribution in [2.75, 3.05) is 7.11 Å². The molecule has 0 saturated carbocycles. The zero-order valence-electron chi connectivity index (χ0n) is 12.5. The molecule has 0 radical (unpaired) electrons. The number of aryl methyl sites for hydroxylation is 1. The fourth-order valence-corrected chi connectivity index (χ4v) is 2.36. The molecule has 0 spiro atoms. The second-order valence-corrected chi connectivity index (χ2v) is 5.49. The van der Waals surface area contributed by atoms with Gasteiger partial charge in [-0.2, -0.15) is 0 Å². The van der Waals surface area contributed by atoms with E-state index in [9.17, 15) is 0 Å². The summed E-state index contributed by atoms with van der Waals surface area (Å²) in [4.78, 5) is 0. The molecule has 0 amide bonds. The van der Waals surface area contributed by atoms with E-state index in [1.54, 1.807) is 7.11 Å². The van der Waals surface area contributed by atoms with E-state index in [2.05, 4.69) is 0 Å². The van der Waals surface area contributed by atoms with Crippen LogP contribution >= 0.6 is 11.6 Å². The van der Waals surface area contributed by atoms with Gasteiger partial charge in [-0.25, -0.2) is 0 Å². The van der Waals surface area contributed by atoms with Gasteiger partial charge in [-0.1, -0.05) is 35.9 Å². The highest BCUT2D eigenvalue weighted by molar-refractivity contribution is 6.30. The van der Waals surface area contributed by atoms with Crippen LogP contribution < -0.4 is 15.2 Å². The molecule has 2 aromatic carbocycles. The Morgan fingerprint density at radius 2 is 1.81 bits per heavy atom. The van der Waals surface area contributed by atoms with Crippen molar-refractivity contribution >= 4 is 11.6 Å². The van der Waals surface area contributed by atoms with Gasteiger partial charge in [0, 0.05) is 16.6 Å². The Morgan fingerprint density at radius 3 is 2.48 bits per heavy atom. The predicted octanol–water partition coefficient (Wildman–Crippen LogP) is 4.12. The molecule has 2 aromatic rings. The Bertz CT molecular complexity index is 613. The number of para-hydroxylation sites is 1. The fraction of sp³-hybridized carbons (Fsp3) is 0.294. The number of ether oxygens (including phenoxy) is 2. The first-order valence-corrected chi connectivity index (χ1v) is 7.22. The van der Waals surface area contributed by atoms with Crippen molar-refractivity contribution in [3.63, 3.8) is 0 Å². The summed E-state index contributed by atoms with van der Waals surface area (Å²) in [5.41, 5.74) is 8.05. The van der Waals surface area contributed by atoms with E-state index >= 15 is 0 Å². The van der Waals surface area contributed by atoms with Crippen LogP contribution in [0.25, 0.3) is 0 Å². The minimum Gasteiger partial charge on any atom is -0.496 e. The van der Waals surface area contributed by atoms with Crippen LogP contribution in [0.15, 0.2) is 42.5 Å². The summed E-state index contributed by atoms with van der Waals surface area (Å²) in [6.45, 7) is 3.89. The maximum atomic E-state index is 6.13. The molecule has 2 atom stereocenters. The van der Waals surface area contributed by atoms with Crippen LogP contribution in [0.1, 0.15) is 24.2 Å². The topological polar surface area (TPSA) is 44.5 Å². The fourth-order valence-electron chi connectivity index (χ4n) is 2.19. The molecule has 2 N–H and O–H groups in total. The van der Waals surface area contributed by atoms with Crippen molar-refractivity contribution in [3.05, 3.63) is 58.6 Å². The van der Waals surface area contributed by atoms with Gasteiger partial charge in [-0.3, -0.25) is 0 Å². The predicted molar refractivity (Wildman–Crippen MR) is 86.2 cm³/mol. The highest BCUT2D eigenvalue weighted by Gasteiger charge is 2.22. The number of benzene rings is 2. The van der Waals surface area contributed by atoms with E-state index in [1.807, 2.05) is 56.3 Å². The first-order chi connectivity index (χ1) is 10.0. The number of nitrogens with two attached hydrogens (primary N) is 1. The third-order valence-electron chi connectivity index (χ3n) is 3.33. The average molecular weight is 306 g/mol. The molecule has 0 aliphatic carbocycles. The molecule has 0 aromatic heterocycles. The zero-order valence-corrected chi connectivity index (χ0v) is 13.2. The van der Waals surface area contributed by atoms with Crippen molar-refractivity contribution in [1.82, 2.24) is 0 Å². The molecule has 4 heteroatoms. The van der Waals surface area contributed by atoms with Crippen LogP contribution in [-0.4, -0.2) is 13.2 Å². The lowest BCUT2D eigenvalue weighted by Gasteiger charge is -2.25. The van der Waals surface area contributed by atoms with E-state index < -0.39 is 0 Å². The van der Waals surface area contributed by atoms with Crippen molar-refractivity contribution < 1.29 is 9.47 Å². The molecule has 0 heterocycles. The maximum Gasteiger partial charge on any atom is 0.142 e. The van der Waals surface area contributed by atoms with Crippen molar-refractivity contribution in [2.24, 2.45) is 5.73 Å². The minimum atomic E-state index is -0.307. The van der Waals surface area contributed by atoms with Gasteiger partial charge in [0.15, 0.2) is 0 Å². The van der Waals surface area contributed by atoms with Gasteiger partial charge < -0.3 is 15.2 Å². The summed E-state index contributed by atoms with van der Waals surface area (Å²) >= 11 is 6.05. The molecule has 0 fully saturated rings. The van der Waals surface area contributed by atoms with E-state index in [4.69, 9.17) is 26.8 Å². The first-order valence-electron chi connectivity index (χ1n) is 6.84. The van der Waals surface area contributed by atoms with Gasteiger partial charge >= 0.3 is 0 Å². The van der Waals surface area contributed by atoms with Crippen LogP contribution in [0.5, 0.6) is 11.5 Å². The molecule has 21 heavy (non-hydrogen) atoms. The molecule has 0 saturated heterocycles. The van der Waals surface area contributed by atoms with E-state index in [0.29, 0.717) is 5.02 Å². The number of halogens is 1. The van der Waals surface area contributed by atoms with Crippen molar-refractivity contribution in [3.8, 4) is 11.5 Å². The van der Waals surface area contributed by atoms with Crippen LogP contribution in [0.3, 0.4) is 0 Å². The number of hydrogen-bond donors (Lipinski definition) is 1. The molecule has 2 rings (SSSR count). The van der Waals surface area contributed by atoms with Crippen LogP contribution in [0.4, 0.5) is 0 Å². The summed E-state index contributed by atoms with van der Waals surface area (Å²) in [6, 6.07) is 13.1. The third kappa shape index (κ3) is 3.69. The van der Waals surface area contributed by atoms with Gasteiger partial charge in [0.25, 0.3) is 0 Å². The largest absolute Gasteiger partial charge is 0.496 e. The number of methoxy groups -OCH3 is 1. The van der Waals surface area contributed by atoms with Crippen LogP contribution in [0.2, 0.25) is 5.02 Å². The van der Waals surface area contributed by atoms with Gasteiger partial charge in [-0.05, 0) is 37.6 Å². The minimum absolute atomic E-state index is 0.195. The molecule has 0 bridgehead atoms. The number of hydrogen-bond acceptors (Lipinski definition) is 3. The summed E-state index contributed by atoms with van der Waals surface area (Å²) < 4.78 is 11.5. The first kappa shape index (κ1) is 15.7. The SMILES string of the molecule is COc1ccccc1C(Oc1cc(Cl)ccc1C)C(C)N. The lowest BCUT2D eigenvalue weighted by Crippen LogP contribution is -2.29. The highest BCUT2D eigenvalue weighted by atomic mass is 35.5. The molecule has 112 valence electrons. The van der Waals surface area contributed by atoms with Crippen LogP contribution in [-0.2, 0) is 0 Å². The Labute approximate surface area is 130 Å². The standard InChI is InChI=1S/C17H20ClNO2/c1-11-8-9-13(18)10-16(11)21-17(12(2)19)14-6-4-5-7-15(14)20-3/h4-10,12,17H,19H2,1-3H3. The molecule has 3 nitrogen and oxygen atoms in total. The van der Waals surface area contributed by atoms with Crippen molar-refractivity contribution in [1.29, 1.82) is 0 Å². The molecule has 0 aliphatic heterocycles. The van der Waals surface area contributed by atoms with Gasteiger partial charge in [-0.15, -0.1) is 0 Å². The summed E-state index contributed by atoms with van der Waals surface area (Å²) in [5, 5.41) is 0.638.